The van der Waals surface area contributed by atoms with Gasteiger partial charge in [0.2, 0.25) is 15.9 Å². The number of nitrogens with zero attached hydrogens (tertiary/aromatic N) is 1. The minimum atomic E-state index is -3.62. The largest absolute Gasteiger partial charge is 0.496 e. The molecule has 132 valence electrons. The zero-order valence-electron chi connectivity index (χ0n) is 14.3. The summed E-state index contributed by atoms with van der Waals surface area (Å²) in [6.07, 6.45) is 2.24. The molecule has 1 aliphatic heterocycles. The van der Waals surface area contributed by atoms with E-state index in [9.17, 15) is 13.2 Å². The number of carbonyl (C=O) groups excluding carboxylic acids is 1. The number of hydrogen-bond acceptors (Lipinski definition) is 4. The summed E-state index contributed by atoms with van der Waals surface area (Å²) < 4.78 is 33.5. The maximum atomic E-state index is 12.7. The maximum Gasteiger partial charge on any atom is 0.240 e. The fourth-order valence-corrected chi connectivity index (χ4v) is 4.86. The Morgan fingerprint density at radius 2 is 2.00 bits per heavy atom. The molecule has 0 bridgehead atoms. The van der Waals surface area contributed by atoms with Crippen LogP contribution in [0.1, 0.15) is 25.3 Å². The third-order valence-corrected chi connectivity index (χ3v) is 6.51. The van der Waals surface area contributed by atoms with Gasteiger partial charge in [-0.2, -0.15) is 0 Å². The van der Waals surface area contributed by atoms with E-state index in [0.29, 0.717) is 24.8 Å². The Morgan fingerprint density at radius 3 is 2.54 bits per heavy atom. The third kappa shape index (κ3) is 3.42. The van der Waals surface area contributed by atoms with Gasteiger partial charge >= 0.3 is 0 Å². The van der Waals surface area contributed by atoms with Crippen LogP contribution in [0.2, 0.25) is 0 Å². The predicted molar refractivity (Wildman–Crippen MR) is 90.3 cm³/mol. The fourth-order valence-electron chi connectivity index (χ4n) is 3.50. The van der Waals surface area contributed by atoms with Crippen molar-refractivity contribution >= 4 is 15.9 Å². The Hall–Kier alpha value is -1.60. The summed E-state index contributed by atoms with van der Waals surface area (Å²) in [7, 11) is -2.06. The van der Waals surface area contributed by atoms with Crippen LogP contribution >= 0.6 is 0 Å². The van der Waals surface area contributed by atoms with Gasteiger partial charge in [-0.15, -0.1) is 0 Å². The number of amides is 1. The van der Waals surface area contributed by atoms with Crippen molar-refractivity contribution < 1.29 is 17.9 Å². The number of benzene rings is 1. The lowest BCUT2D eigenvalue weighted by Gasteiger charge is -2.19. The molecule has 2 aliphatic rings. The summed E-state index contributed by atoms with van der Waals surface area (Å²) in [6.45, 7) is 4.45. The highest BCUT2D eigenvalue weighted by Gasteiger charge is 2.44. The van der Waals surface area contributed by atoms with E-state index in [1.807, 2.05) is 6.92 Å². The highest BCUT2D eigenvalue weighted by atomic mass is 32.2. The Morgan fingerprint density at radius 1 is 1.29 bits per heavy atom. The summed E-state index contributed by atoms with van der Waals surface area (Å²) in [5.74, 6) is 1.40. The maximum absolute atomic E-state index is 12.7. The minimum Gasteiger partial charge on any atom is -0.496 e. The van der Waals surface area contributed by atoms with Crippen LogP contribution in [0.5, 0.6) is 5.75 Å². The van der Waals surface area contributed by atoms with Gasteiger partial charge in [0.05, 0.1) is 12.0 Å². The molecule has 1 aliphatic carbocycles. The van der Waals surface area contributed by atoms with Crippen molar-refractivity contribution in [2.45, 2.75) is 37.6 Å². The number of nitrogens with one attached hydrogen (secondary N) is 1. The van der Waals surface area contributed by atoms with Crippen LogP contribution in [0.15, 0.2) is 23.1 Å². The van der Waals surface area contributed by atoms with Gasteiger partial charge in [-0.05, 0) is 55.4 Å². The lowest BCUT2D eigenvalue weighted by Crippen LogP contribution is -2.41. The van der Waals surface area contributed by atoms with E-state index in [2.05, 4.69) is 4.72 Å². The van der Waals surface area contributed by atoms with Crippen LogP contribution in [0.4, 0.5) is 0 Å². The highest BCUT2D eigenvalue weighted by Crippen LogP contribution is 2.41. The second kappa shape index (κ2) is 6.37. The topological polar surface area (TPSA) is 75.7 Å². The number of rotatable bonds is 5. The van der Waals surface area contributed by atoms with Crippen molar-refractivity contribution in [3.05, 3.63) is 23.8 Å². The van der Waals surface area contributed by atoms with E-state index in [1.54, 1.807) is 30.2 Å². The van der Waals surface area contributed by atoms with Crippen LogP contribution < -0.4 is 9.46 Å². The van der Waals surface area contributed by atoms with E-state index in [-0.39, 0.29) is 22.8 Å². The van der Waals surface area contributed by atoms with Gasteiger partial charge in [0.25, 0.3) is 0 Å². The second-order valence-corrected chi connectivity index (χ2v) is 8.50. The Kier molecular flexibility index (Phi) is 4.57. The van der Waals surface area contributed by atoms with Gasteiger partial charge in [0, 0.05) is 26.1 Å². The first-order valence-corrected chi connectivity index (χ1v) is 9.72. The van der Waals surface area contributed by atoms with Crippen LogP contribution in [-0.4, -0.2) is 45.5 Å². The molecule has 1 N–H and O–H groups in total. The number of likely N-dealkylation sites (tertiary alicyclic amines) is 1. The van der Waals surface area contributed by atoms with Gasteiger partial charge in [-0.1, -0.05) is 0 Å². The molecular weight excluding hydrogens is 328 g/mol. The van der Waals surface area contributed by atoms with E-state index < -0.39 is 10.0 Å². The summed E-state index contributed by atoms with van der Waals surface area (Å²) in [4.78, 5) is 13.6. The highest BCUT2D eigenvalue weighted by molar-refractivity contribution is 7.89. The van der Waals surface area contributed by atoms with Crippen molar-refractivity contribution in [2.75, 3.05) is 20.2 Å². The molecule has 2 fully saturated rings. The quantitative estimate of drug-likeness (QED) is 0.872. The molecule has 2 atom stereocenters. The van der Waals surface area contributed by atoms with Crippen LogP contribution in [0, 0.1) is 18.8 Å². The molecule has 3 rings (SSSR count). The Balaban J connectivity index is 1.80. The standard InChI is InChI=1S/C17H24N2O4S/c1-11-8-14(6-7-17(11)23-3)24(21,22)18-16-10-19(12(2)20)9-15(16)13-4-5-13/h6-8,13,15-16,18H,4-5,9-10H2,1-3H3. The molecule has 1 saturated carbocycles. The number of carbonyl (C=O) groups is 1. The van der Waals surface area contributed by atoms with Crippen molar-refractivity contribution in [3.63, 3.8) is 0 Å². The third-order valence-electron chi connectivity index (χ3n) is 5.02. The van der Waals surface area contributed by atoms with E-state index in [0.717, 1.165) is 18.4 Å². The zero-order valence-corrected chi connectivity index (χ0v) is 15.1. The molecule has 1 heterocycles. The molecule has 1 amide bonds. The molecule has 6 nitrogen and oxygen atoms in total. The molecule has 1 aromatic carbocycles. The van der Waals surface area contributed by atoms with Gasteiger partial charge in [-0.25, -0.2) is 13.1 Å². The lowest BCUT2D eigenvalue weighted by atomic mass is 9.99. The van der Waals surface area contributed by atoms with Crippen molar-refractivity contribution in [3.8, 4) is 5.75 Å². The lowest BCUT2D eigenvalue weighted by molar-refractivity contribution is -0.128. The molecule has 2 unspecified atom stereocenters. The van der Waals surface area contributed by atoms with Crippen LogP contribution in [-0.2, 0) is 14.8 Å². The monoisotopic (exact) mass is 352 g/mol. The number of aryl methyl sites for hydroxylation is 1. The number of methoxy groups -OCH3 is 1. The SMILES string of the molecule is COc1ccc(S(=O)(=O)NC2CN(C(C)=O)CC2C2CC2)cc1C. The van der Waals surface area contributed by atoms with Gasteiger partial charge in [0.15, 0.2) is 0 Å². The summed E-state index contributed by atoms with van der Waals surface area (Å²) in [5, 5.41) is 0. The van der Waals surface area contributed by atoms with E-state index >= 15 is 0 Å². The van der Waals surface area contributed by atoms with E-state index in [1.165, 1.54) is 6.92 Å². The zero-order chi connectivity index (χ0) is 17.5. The molecule has 24 heavy (non-hydrogen) atoms. The van der Waals surface area contributed by atoms with Crippen LogP contribution in [0.25, 0.3) is 0 Å². The Bertz CT molecular complexity index is 743. The Labute approximate surface area is 143 Å². The van der Waals surface area contributed by atoms with Crippen molar-refractivity contribution in [2.24, 2.45) is 11.8 Å². The molecule has 0 aromatic heterocycles. The number of ether oxygens (including phenoxy) is 1. The fraction of sp³-hybridized carbons (Fsp3) is 0.588. The predicted octanol–water partition coefficient (Wildman–Crippen LogP) is 1.54. The molecule has 7 heteroatoms. The minimum absolute atomic E-state index is 0.00244. The van der Waals surface area contributed by atoms with Gasteiger partial charge in [-0.3, -0.25) is 4.79 Å². The van der Waals surface area contributed by atoms with Crippen molar-refractivity contribution in [1.29, 1.82) is 0 Å². The summed E-state index contributed by atoms with van der Waals surface area (Å²) in [5.41, 5.74) is 0.774. The van der Waals surface area contributed by atoms with Gasteiger partial charge < -0.3 is 9.64 Å². The smallest absolute Gasteiger partial charge is 0.240 e. The summed E-state index contributed by atoms with van der Waals surface area (Å²) in [6, 6.07) is 4.62. The first-order valence-electron chi connectivity index (χ1n) is 8.24. The van der Waals surface area contributed by atoms with E-state index in [4.69, 9.17) is 4.74 Å². The molecule has 1 aromatic rings. The van der Waals surface area contributed by atoms with Crippen LogP contribution in [0.3, 0.4) is 0 Å². The first kappa shape index (κ1) is 17.2. The molecule has 1 saturated heterocycles. The average molecular weight is 352 g/mol. The molecule has 0 spiro atoms. The van der Waals surface area contributed by atoms with Crippen molar-refractivity contribution in [1.82, 2.24) is 9.62 Å². The molecular formula is C17H24N2O4S. The average Bonchev–Trinajstić information content (AvgIpc) is 3.28. The first-order chi connectivity index (χ1) is 11.3. The normalized spacial score (nSPS) is 24.2. The second-order valence-electron chi connectivity index (χ2n) is 6.78. The molecule has 0 radical (unpaired) electrons. The number of sulfonamides is 1. The van der Waals surface area contributed by atoms with Gasteiger partial charge in [0.1, 0.15) is 5.75 Å². The number of hydrogen-bond donors (Lipinski definition) is 1. The summed E-state index contributed by atoms with van der Waals surface area (Å²) >= 11 is 0.